The molecule has 2 aromatic carbocycles. The molecule has 4 nitrogen and oxygen atoms in total. The van der Waals surface area contributed by atoms with Gasteiger partial charge in [0.2, 0.25) is 5.91 Å². The first-order valence-corrected chi connectivity index (χ1v) is 13.7. The van der Waals surface area contributed by atoms with Crippen LogP contribution >= 0.6 is 11.3 Å². The normalized spacial score (nSPS) is 15.8. The van der Waals surface area contributed by atoms with Gasteiger partial charge in [0.25, 0.3) is 5.91 Å². The fraction of sp³-hybridized carbons (Fsp3) is 0.400. The number of rotatable bonds is 6. The average molecular weight is 543 g/mol. The molecule has 4 rings (SSSR count). The highest BCUT2D eigenvalue weighted by atomic mass is 32.1. The Morgan fingerprint density at radius 2 is 1.61 bits per heavy atom. The van der Waals surface area contributed by atoms with Crippen molar-refractivity contribution in [2.24, 2.45) is 0 Å². The SMILES string of the molecule is CCCN(CC(=O)N1CCc2sccc2C1c1ccc(C(C)(C)C)cc1)C(=O)c1ccc(C(F)(F)F)cc1. The van der Waals surface area contributed by atoms with Gasteiger partial charge in [0, 0.05) is 23.5 Å². The van der Waals surface area contributed by atoms with Crippen molar-refractivity contribution >= 4 is 23.2 Å². The van der Waals surface area contributed by atoms with Gasteiger partial charge in [-0.3, -0.25) is 9.59 Å². The lowest BCUT2D eigenvalue weighted by Gasteiger charge is -2.38. The van der Waals surface area contributed by atoms with Crippen molar-refractivity contribution in [2.45, 2.75) is 58.2 Å². The quantitative estimate of drug-likeness (QED) is 0.334. The molecule has 1 unspecified atom stereocenters. The molecular formula is C30H33F3N2O2S. The second-order valence-electron chi connectivity index (χ2n) is 10.7. The van der Waals surface area contributed by atoms with E-state index in [0.29, 0.717) is 19.5 Å². The summed E-state index contributed by atoms with van der Waals surface area (Å²) in [6.45, 7) is 9.10. The number of thiophene rings is 1. The Hall–Kier alpha value is -3.13. The Morgan fingerprint density at radius 3 is 2.18 bits per heavy atom. The van der Waals surface area contributed by atoms with Gasteiger partial charge in [-0.05, 0) is 70.7 Å². The molecule has 0 radical (unpaired) electrons. The zero-order chi connectivity index (χ0) is 27.7. The summed E-state index contributed by atoms with van der Waals surface area (Å²) in [5.41, 5.74) is 2.65. The van der Waals surface area contributed by atoms with E-state index in [0.717, 1.165) is 29.7 Å². The maximum absolute atomic E-state index is 13.7. The molecule has 0 aliphatic carbocycles. The van der Waals surface area contributed by atoms with E-state index in [1.807, 2.05) is 17.2 Å². The number of amides is 2. The topological polar surface area (TPSA) is 40.6 Å². The summed E-state index contributed by atoms with van der Waals surface area (Å²) >= 11 is 1.69. The summed E-state index contributed by atoms with van der Waals surface area (Å²) in [6.07, 6.45) is -3.11. The minimum absolute atomic E-state index is 0.00740. The van der Waals surface area contributed by atoms with E-state index >= 15 is 0 Å². The Bertz CT molecular complexity index is 1270. The molecule has 8 heteroatoms. The lowest BCUT2D eigenvalue weighted by atomic mass is 9.85. The Balaban J connectivity index is 1.59. The zero-order valence-electron chi connectivity index (χ0n) is 22.1. The number of carbonyl (C=O) groups excluding carboxylic acids is 2. The smallest absolute Gasteiger partial charge is 0.330 e. The molecule has 1 aliphatic heterocycles. The van der Waals surface area contributed by atoms with Crippen LogP contribution in [-0.4, -0.2) is 41.2 Å². The van der Waals surface area contributed by atoms with Gasteiger partial charge in [-0.15, -0.1) is 11.3 Å². The van der Waals surface area contributed by atoms with Crippen molar-refractivity contribution in [3.63, 3.8) is 0 Å². The third-order valence-electron chi connectivity index (χ3n) is 6.94. The van der Waals surface area contributed by atoms with Crippen molar-refractivity contribution in [3.05, 3.63) is 92.7 Å². The summed E-state index contributed by atoms with van der Waals surface area (Å²) < 4.78 is 38.9. The molecule has 202 valence electrons. The predicted octanol–water partition coefficient (Wildman–Crippen LogP) is 7.09. The fourth-order valence-corrected chi connectivity index (χ4v) is 5.77. The van der Waals surface area contributed by atoms with E-state index in [1.54, 1.807) is 11.3 Å². The number of fused-ring (bicyclic) bond motifs is 1. The molecule has 2 heterocycles. The second-order valence-corrected chi connectivity index (χ2v) is 11.7. The molecule has 0 saturated heterocycles. The van der Waals surface area contributed by atoms with Gasteiger partial charge >= 0.3 is 6.18 Å². The lowest BCUT2D eigenvalue weighted by Crippen LogP contribution is -2.47. The number of hydrogen-bond acceptors (Lipinski definition) is 3. The minimum Gasteiger partial charge on any atom is -0.330 e. The average Bonchev–Trinajstić information content (AvgIpc) is 3.35. The highest BCUT2D eigenvalue weighted by Crippen LogP contribution is 2.38. The summed E-state index contributed by atoms with van der Waals surface area (Å²) in [4.78, 5) is 31.5. The maximum Gasteiger partial charge on any atom is 0.416 e. The van der Waals surface area contributed by atoms with Crippen LogP contribution in [0, 0.1) is 0 Å². The Morgan fingerprint density at radius 1 is 0.974 bits per heavy atom. The number of halogens is 3. The van der Waals surface area contributed by atoms with E-state index in [9.17, 15) is 22.8 Å². The molecule has 1 atom stereocenters. The van der Waals surface area contributed by atoms with Gasteiger partial charge in [0.05, 0.1) is 11.6 Å². The third kappa shape index (κ3) is 5.96. The van der Waals surface area contributed by atoms with Crippen LogP contribution in [0.15, 0.2) is 60.0 Å². The molecule has 1 aliphatic rings. The van der Waals surface area contributed by atoms with E-state index in [1.165, 1.54) is 27.5 Å². The zero-order valence-corrected chi connectivity index (χ0v) is 23.0. The van der Waals surface area contributed by atoms with Crippen LogP contribution in [0.5, 0.6) is 0 Å². The predicted molar refractivity (Wildman–Crippen MR) is 144 cm³/mol. The standard InChI is InChI=1S/C30H33F3N2O2S/c1-5-16-34(28(37)21-8-12-23(13-9-21)30(31,32)33)19-26(36)35-17-14-25-24(15-18-38-25)27(35)20-6-10-22(11-7-20)29(2,3)4/h6-13,15,18,27H,5,14,16-17,19H2,1-4H3. The highest BCUT2D eigenvalue weighted by Gasteiger charge is 2.35. The number of benzene rings is 2. The first-order valence-electron chi connectivity index (χ1n) is 12.8. The van der Waals surface area contributed by atoms with Gasteiger partial charge in [-0.2, -0.15) is 13.2 Å². The van der Waals surface area contributed by atoms with Crippen LogP contribution in [0.4, 0.5) is 13.2 Å². The Labute approximate surface area is 226 Å². The van der Waals surface area contributed by atoms with Gasteiger partial charge in [0.15, 0.2) is 0 Å². The molecule has 0 saturated carbocycles. The third-order valence-corrected chi connectivity index (χ3v) is 7.94. The van der Waals surface area contributed by atoms with Crippen LogP contribution < -0.4 is 0 Å². The van der Waals surface area contributed by atoms with Crippen molar-refractivity contribution in [2.75, 3.05) is 19.6 Å². The van der Waals surface area contributed by atoms with E-state index in [4.69, 9.17) is 0 Å². The molecule has 0 N–H and O–H groups in total. The second kappa shape index (κ2) is 10.9. The summed E-state index contributed by atoms with van der Waals surface area (Å²) in [6, 6.07) is 14.3. The lowest BCUT2D eigenvalue weighted by molar-refractivity contribution is -0.137. The van der Waals surface area contributed by atoms with E-state index in [2.05, 4.69) is 51.1 Å². The largest absolute Gasteiger partial charge is 0.416 e. The van der Waals surface area contributed by atoms with E-state index < -0.39 is 17.6 Å². The monoisotopic (exact) mass is 542 g/mol. The number of hydrogen-bond donors (Lipinski definition) is 0. The number of nitrogens with zero attached hydrogens (tertiary/aromatic N) is 2. The van der Waals surface area contributed by atoms with Crippen molar-refractivity contribution in [1.82, 2.24) is 9.80 Å². The van der Waals surface area contributed by atoms with Crippen molar-refractivity contribution in [1.29, 1.82) is 0 Å². The van der Waals surface area contributed by atoms with Crippen LogP contribution in [0.2, 0.25) is 0 Å². The van der Waals surface area contributed by atoms with Crippen molar-refractivity contribution in [3.8, 4) is 0 Å². The molecule has 38 heavy (non-hydrogen) atoms. The summed E-state index contributed by atoms with van der Waals surface area (Å²) in [5, 5.41) is 2.05. The van der Waals surface area contributed by atoms with Crippen LogP contribution in [0.1, 0.15) is 77.6 Å². The van der Waals surface area contributed by atoms with Gasteiger partial charge in [-0.25, -0.2) is 0 Å². The maximum atomic E-state index is 13.7. The molecule has 0 spiro atoms. The van der Waals surface area contributed by atoms with Crippen LogP contribution in [-0.2, 0) is 22.8 Å². The summed E-state index contributed by atoms with van der Waals surface area (Å²) in [7, 11) is 0. The summed E-state index contributed by atoms with van der Waals surface area (Å²) in [5.74, 6) is -0.631. The van der Waals surface area contributed by atoms with Crippen molar-refractivity contribution < 1.29 is 22.8 Å². The van der Waals surface area contributed by atoms with Crippen LogP contribution in [0.25, 0.3) is 0 Å². The molecule has 2 amide bonds. The molecular weight excluding hydrogens is 509 g/mol. The number of alkyl halides is 3. The van der Waals surface area contributed by atoms with Gasteiger partial charge < -0.3 is 9.80 Å². The fourth-order valence-electron chi connectivity index (χ4n) is 4.87. The first-order chi connectivity index (χ1) is 17.9. The molecule has 0 fully saturated rings. The van der Waals surface area contributed by atoms with Gasteiger partial charge in [0.1, 0.15) is 6.54 Å². The van der Waals surface area contributed by atoms with Gasteiger partial charge in [-0.1, -0.05) is 52.0 Å². The molecule has 3 aromatic rings. The molecule has 0 bridgehead atoms. The first kappa shape index (κ1) is 27.9. The minimum atomic E-state index is -4.48. The van der Waals surface area contributed by atoms with E-state index in [-0.39, 0.29) is 29.5 Å². The highest BCUT2D eigenvalue weighted by molar-refractivity contribution is 7.10. The van der Waals surface area contributed by atoms with Crippen LogP contribution in [0.3, 0.4) is 0 Å². The molecule has 1 aromatic heterocycles. The number of carbonyl (C=O) groups is 2. The Kier molecular flexibility index (Phi) is 8.02.